The Morgan fingerprint density at radius 1 is 1.57 bits per heavy atom. The van der Waals surface area contributed by atoms with E-state index in [0.29, 0.717) is 19.4 Å². The second kappa shape index (κ2) is 4.75. The highest BCUT2D eigenvalue weighted by molar-refractivity contribution is 5.79. The zero-order valence-electron chi connectivity index (χ0n) is 8.83. The Morgan fingerprint density at radius 2 is 2.29 bits per heavy atom. The summed E-state index contributed by atoms with van der Waals surface area (Å²) in [6.45, 7) is 2.82. The maximum absolute atomic E-state index is 11.2. The van der Waals surface area contributed by atoms with Crippen molar-refractivity contribution in [3.8, 4) is 0 Å². The van der Waals surface area contributed by atoms with Crippen molar-refractivity contribution in [2.45, 2.75) is 51.0 Å². The molecule has 4 heteroatoms. The van der Waals surface area contributed by atoms with Crippen LogP contribution in [0.25, 0.3) is 0 Å². The first-order valence-corrected chi connectivity index (χ1v) is 5.39. The molecule has 0 aliphatic carbocycles. The van der Waals surface area contributed by atoms with Crippen molar-refractivity contribution in [1.29, 1.82) is 0 Å². The van der Waals surface area contributed by atoms with Crippen LogP contribution in [0.2, 0.25) is 0 Å². The van der Waals surface area contributed by atoms with Gasteiger partial charge in [-0.05, 0) is 19.3 Å². The highest BCUT2D eigenvalue weighted by Crippen LogP contribution is 2.31. The Bertz CT molecular complexity index is 208. The van der Waals surface area contributed by atoms with Gasteiger partial charge in [0.25, 0.3) is 0 Å². The minimum atomic E-state index is -0.769. The van der Waals surface area contributed by atoms with Gasteiger partial charge in [-0.25, -0.2) is 5.01 Å². The van der Waals surface area contributed by atoms with Gasteiger partial charge in [-0.3, -0.25) is 10.6 Å². The van der Waals surface area contributed by atoms with Crippen molar-refractivity contribution in [2.75, 3.05) is 6.54 Å². The fraction of sp³-hybridized carbons (Fsp3) is 0.900. The minimum Gasteiger partial charge on any atom is -0.480 e. The maximum atomic E-state index is 11.2. The molecule has 1 aliphatic rings. The van der Waals surface area contributed by atoms with Crippen LogP contribution in [0.15, 0.2) is 0 Å². The number of carbonyl (C=O) groups is 1. The first-order chi connectivity index (χ1) is 6.63. The van der Waals surface area contributed by atoms with E-state index in [2.05, 4.69) is 6.92 Å². The number of unbranched alkanes of at least 4 members (excludes halogenated alkanes) is 2. The summed E-state index contributed by atoms with van der Waals surface area (Å²) in [7, 11) is 0. The third kappa shape index (κ3) is 2.07. The molecule has 82 valence electrons. The van der Waals surface area contributed by atoms with Gasteiger partial charge in [0.2, 0.25) is 0 Å². The molecule has 1 rings (SSSR count). The van der Waals surface area contributed by atoms with E-state index in [4.69, 9.17) is 5.84 Å². The van der Waals surface area contributed by atoms with Crippen LogP contribution in [0.1, 0.15) is 45.4 Å². The molecule has 1 heterocycles. The first-order valence-electron chi connectivity index (χ1n) is 5.39. The molecule has 0 radical (unpaired) electrons. The summed E-state index contributed by atoms with van der Waals surface area (Å²) in [5.41, 5.74) is -0.769. The van der Waals surface area contributed by atoms with Gasteiger partial charge in [0, 0.05) is 6.54 Å². The average molecular weight is 200 g/mol. The van der Waals surface area contributed by atoms with Gasteiger partial charge < -0.3 is 5.11 Å². The van der Waals surface area contributed by atoms with Crippen LogP contribution in [0.5, 0.6) is 0 Å². The van der Waals surface area contributed by atoms with Crippen LogP contribution in [0.4, 0.5) is 0 Å². The molecular formula is C10H20N2O2. The van der Waals surface area contributed by atoms with Crippen molar-refractivity contribution in [3.05, 3.63) is 0 Å². The van der Waals surface area contributed by atoms with E-state index in [9.17, 15) is 9.90 Å². The number of rotatable bonds is 5. The van der Waals surface area contributed by atoms with E-state index in [1.807, 2.05) is 0 Å². The first kappa shape index (κ1) is 11.5. The Balaban J connectivity index is 2.58. The monoisotopic (exact) mass is 200 g/mol. The summed E-state index contributed by atoms with van der Waals surface area (Å²) in [6, 6.07) is 0. The SMILES string of the molecule is CCCCC[C@@]1(C(=O)O)CCCN1N. The number of nitrogens with two attached hydrogens (primary N) is 1. The van der Waals surface area contributed by atoms with E-state index in [1.54, 1.807) is 0 Å². The van der Waals surface area contributed by atoms with Gasteiger partial charge in [0.15, 0.2) is 0 Å². The fourth-order valence-corrected chi connectivity index (χ4v) is 2.17. The number of carboxylic acids is 1. The Morgan fingerprint density at radius 3 is 2.71 bits per heavy atom. The fourth-order valence-electron chi connectivity index (χ4n) is 2.17. The van der Waals surface area contributed by atoms with E-state index >= 15 is 0 Å². The van der Waals surface area contributed by atoms with Crippen LogP contribution in [-0.2, 0) is 4.79 Å². The van der Waals surface area contributed by atoms with E-state index in [1.165, 1.54) is 5.01 Å². The van der Waals surface area contributed by atoms with Crippen LogP contribution in [-0.4, -0.2) is 28.2 Å². The molecule has 14 heavy (non-hydrogen) atoms. The molecule has 0 bridgehead atoms. The largest absolute Gasteiger partial charge is 0.480 e. The van der Waals surface area contributed by atoms with E-state index in [-0.39, 0.29) is 0 Å². The lowest BCUT2D eigenvalue weighted by atomic mass is 9.90. The molecule has 1 saturated heterocycles. The molecule has 1 atom stereocenters. The smallest absolute Gasteiger partial charge is 0.325 e. The molecule has 0 aromatic rings. The quantitative estimate of drug-likeness (QED) is 0.519. The standard InChI is InChI=1S/C10H20N2O2/c1-2-3-4-6-10(9(13)14)7-5-8-12(10)11/h2-8,11H2,1H3,(H,13,14)/t10-/m0/s1. The molecule has 1 fully saturated rings. The number of nitrogens with zero attached hydrogens (tertiary/aromatic N) is 1. The Labute approximate surface area is 85.0 Å². The highest BCUT2D eigenvalue weighted by atomic mass is 16.4. The number of hydrogen-bond donors (Lipinski definition) is 2. The lowest BCUT2D eigenvalue weighted by Crippen LogP contribution is -2.53. The van der Waals surface area contributed by atoms with Gasteiger partial charge in [-0.1, -0.05) is 26.2 Å². The molecule has 4 nitrogen and oxygen atoms in total. The average Bonchev–Trinajstić information content (AvgIpc) is 2.49. The van der Waals surface area contributed by atoms with Gasteiger partial charge in [0.1, 0.15) is 5.54 Å². The van der Waals surface area contributed by atoms with E-state index in [0.717, 1.165) is 25.7 Å². The van der Waals surface area contributed by atoms with E-state index < -0.39 is 11.5 Å². The number of hydrogen-bond acceptors (Lipinski definition) is 3. The Kier molecular flexibility index (Phi) is 3.89. The third-order valence-electron chi connectivity index (χ3n) is 3.13. The summed E-state index contributed by atoms with van der Waals surface area (Å²) in [5.74, 6) is 4.99. The zero-order chi connectivity index (χ0) is 10.6. The van der Waals surface area contributed by atoms with Gasteiger partial charge in [-0.15, -0.1) is 0 Å². The molecule has 0 aromatic heterocycles. The van der Waals surface area contributed by atoms with Crippen molar-refractivity contribution >= 4 is 5.97 Å². The predicted molar refractivity (Wildman–Crippen MR) is 54.6 cm³/mol. The summed E-state index contributed by atoms with van der Waals surface area (Å²) in [5, 5.41) is 10.7. The number of hydrazine groups is 1. The third-order valence-corrected chi connectivity index (χ3v) is 3.13. The molecule has 1 aliphatic heterocycles. The molecule has 3 N–H and O–H groups in total. The summed E-state index contributed by atoms with van der Waals surface area (Å²) >= 11 is 0. The van der Waals surface area contributed by atoms with Gasteiger partial charge in [-0.2, -0.15) is 0 Å². The highest BCUT2D eigenvalue weighted by Gasteiger charge is 2.45. The molecular weight excluding hydrogens is 180 g/mol. The van der Waals surface area contributed by atoms with Crippen LogP contribution < -0.4 is 5.84 Å². The lowest BCUT2D eigenvalue weighted by molar-refractivity contribution is -0.150. The van der Waals surface area contributed by atoms with Crippen molar-refractivity contribution < 1.29 is 9.90 Å². The topological polar surface area (TPSA) is 66.6 Å². The summed E-state index contributed by atoms with van der Waals surface area (Å²) in [6.07, 6.45) is 5.43. The van der Waals surface area contributed by atoms with Crippen molar-refractivity contribution in [2.24, 2.45) is 5.84 Å². The van der Waals surface area contributed by atoms with Crippen molar-refractivity contribution in [3.63, 3.8) is 0 Å². The molecule has 0 aromatic carbocycles. The Hall–Kier alpha value is -0.610. The maximum Gasteiger partial charge on any atom is 0.325 e. The zero-order valence-corrected chi connectivity index (χ0v) is 8.83. The number of carboxylic acid groups (broad SMARTS) is 1. The predicted octanol–water partition coefficient (Wildman–Crippen LogP) is 1.36. The van der Waals surface area contributed by atoms with Crippen LogP contribution in [0.3, 0.4) is 0 Å². The van der Waals surface area contributed by atoms with Gasteiger partial charge >= 0.3 is 5.97 Å². The summed E-state index contributed by atoms with van der Waals surface area (Å²) in [4.78, 5) is 11.2. The summed E-state index contributed by atoms with van der Waals surface area (Å²) < 4.78 is 0. The molecule has 0 unspecified atom stereocenters. The molecule has 0 spiro atoms. The van der Waals surface area contributed by atoms with Crippen LogP contribution in [0, 0.1) is 0 Å². The molecule has 0 saturated carbocycles. The second-order valence-electron chi connectivity index (χ2n) is 4.09. The number of aliphatic carboxylic acids is 1. The minimum absolute atomic E-state index is 0.687. The normalized spacial score (nSPS) is 28.1. The van der Waals surface area contributed by atoms with Crippen LogP contribution >= 0.6 is 0 Å². The lowest BCUT2D eigenvalue weighted by Gasteiger charge is -2.31. The second-order valence-corrected chi connectivity index (χ2v) is 4.09. The van der Waals surface area contributed by atoms with Crippen molar-refractivity contribution in [1.82, 2.24) is 5.01 Å². The molecule has 0 amide bonds. The van der Waals surface area contributed by atoms with Gasteiger partial charge in [0.05, 0.1) is 0 Å².